The lowest BCUT2D eigenvalue weighted by Crippen LogP contribution is -2.42. The van der Waals surface area contributed by atoms with Gasteiger partial charge in [0, 0.05) is 12.6 Å². The van der Waals surface area contributed by atoms with Gasteiger partial charge in [-0.3, -0.25) is 0 Å². The van der Waals surface area contributed by atoms with Gasteiger partial charge >= 0.3 is 0 Å². The van der Waals surface area contributed by atoms with Crippen LogP contribution in [0.5, 0.6) is 0 Å². The fraction of sp³-hybridized carbons (Fsp3) is 1.00. The molecule has 0 aromatic heterocycles. The Balaban J connectivity index is 1.61. The quantitative estimate of drug-likeness (QED) is 0.742. The largest absolute Gasteiger partial charge is 0.392 e. The summed E-state index contributed by atoms with van der Waals surface area (Å²) in [4.78, 5) is 0. The lowest BCUT2D eigenvalue weighted by atomic mass is 9.79. The van der Waals surface area contributed by atoms with E-state index in [1.54, 1.807) is 0 Å². The number of rotatable bonds is 3. The predicted molar refractivity (Wildman–Crippen MR) is 60.5 cm³/mol. The molecule has 0 radical (unpaired) electrons. The Morgan fingerprint density at radius 1 is 1.20 bits per heavy atom. The highest BCUT2D eigenvalue weighted by Crippen LogP contribution is 2.58. The molecule has 0 saturated heterocycles. The highest BCUT2D eigenvalue weighted by molar-refractivity contribution is 5.05. The monoisotopic (exact) mass is 209 g/mol. The van der Waals surface area contributed by atoms with Crippen LogP contribution in [0.15, 0.2) is 0 Å². The van der Waals surface area contributed by atoms with Crippen molar-refractivity contribution < 1.29 is 5.11 Å². The smallest absolute Gasteiger partial charge is 0.0636 e. The van der Waals surface area contributed by atoms with Gasteiger partial charge in [-0.15, -0.1) is 0 Å². The number of hydrogen-bond donors (Lipinski definition) is 2. The molecule has 2 heteroatoms. The fourth-order valence-electron chi connectivity index (χ4n) is 4.62. The van der Waals surface area contributed by atoms with Gasteiger partial charge < -0.3 is 10.4 Å². The molecule has 0 aromatic carbocycles. The van der Waals surface area contributed by atoms with E-state index in [2.05, 4.69) is 5.32 Å². The summed E-state index contributed by atoms with van der Waals surface area (Å²) in [6.07, 6.45) is 7.15. The van der Waals surface area contributed by atoms with Gasteiger partial charge in [0.05, 0.1) is 6.10 Å². The van der Waals surface area contributed by atoms with E-state index in [9.17, 15) is 5.11 Å². The Morgan fingerprint density at radius 3 is 2.80 bits per heavy atom. The molecule has 3 rings (SSSR count). The van der Waals surface area contributed by atoms with E-state index in [0.717, 1.165) is 36.3 Å². The Kier molecular flexibility index (Phi) is 2.52. The zero-order chi connectivity index (χ0) is 10.4. The van der Waals surface area contributed by atoms with Crippen molar-refractivity contribution in [2.75, 3.05) is 6.54 Å². The van der Waals surface area contributed by atoms with Gasteiger partial charge in [0.25, 0.3) is 0 Å². The summed E-state index contributed by atoms with van der Waals surface area (Å²) in [6.45, 7) is 2.66. The highest BCUT2D eigenvalue weighted by Gasteiger charge is 2.53. The average Bonchev–Trinajstić information content (AvgIpc) is 2.86. The van der Waals surface area contributed by atoms with Crippen molar-refractivity contribution in [1.29, 1.82) is 0 Å². The molecule has 0 amide bonds. The van der Waals surface area contributed by atoms with E-state index in [-0.39, 0.29) is 6.10 Å². The molecule has 15 heavy (non-hydrogen) atoms. The summed E-state index contributed by atoms with van der Waals surface area (Å²) in [6, 6.07) is 0.726. The van der Waals surface area contributed by atoms with Gasteiger partial charge in [-0.25, -0.2) is 0 Å². The van der Waals surface area contributed by atoms with Crippen molar-refractivity contribution >= 4 is 0 Å². The Hall–Kier alpha value is -0.0800. The average molecular weight is 209 g/mol. The van der Waals surface area contributed by atoms with Crippen molar-refractivity contribution in [2.45, 2.75) is 51.2 Å². The van der Waals surface area contributed by atoms with E-state index in [1.807, 2.05) is 6.92 Å². The Labute approximate surface area is 92.4 Å². The van der Waals surface area contributed by atoms with Crippen LogP contribution in [0.4, 0.5) is 0 Å². The number of nitrogens with one attached hydrogen (secondary N) is 1. The molecule has 0 aromatic rings. The van der Waals surface area contributed by atoms with Crippen LogP contribution >= 0.6 is 0 Å². The molecule has 3 aliphatic rings. The maximum Gasteiger partial charge on any atom is 0.0636 e. The predicted octanol–water partition coefficient (Wildman–Crippen LogP) is 1.78. The molecular formula is C13H23NO. The van der Waals surface area contributed by atoms with E-state index in [0.29, 0.717) is 0 Å². The second-order valence-electron chi connectivity index (χ2n) is 6.02. The first-order chi connectivity index (χ1) is 7.25. The van der Waals surface area contributed by atoms with Crippen LogP contribution < -0.4 is 5.32 Å². The van der Waals surface area contributed by atoms with Crippen LogP contribution in [0.3, 0.4) is 0 Å². The van der Waals surface area contributed by atoms with Crippen LogP contribution in [0.1, 0.15) is 39.0 Å². The Bertz CT molecular complexity index is 241. The third-order valence-corrected chi connectivity index (χ3v) is 5.10. The Morgan fingerprint density at radius 2 is 2.00 bits per heavy atom. The van der Waals surface area contributed by atoms with E-state index in [1.165, 1.54) is 32.1 Å². The molecule has 2 bridgehead atoms. The standard InChI is InChI=1S/C13H23NO/c1-8(15)7-14-13-6-9-5-12(13)11-4-2-3-10(9)11/h8-15H,2-7H2,1H3/t8-,9?,10?,11?,12?,13?/m0/s1. The third-order valence-electron chi connectivity index (χ3n) is 5.10. The maximum absolute atomic E-state index is 9.31. The molecule has 2 nitrogen and oxygen atoms in total. The van der Waals surface area contributed by atoms with Crippen LogP contribution in [0, 0.1) is 23.7 Å². The van der Waals surface area contributed by atoms with Crippen molar-refractivity contribution in [1.82, 2.24) is 5.32 Å². The van der Waals surface area contributed by atoms with Gasteiger partial charge in [-0.2, -0.15) is 0 Å². The van der Waals surface area contributed by atoms with Crippen LogP contribution in [0.25, 0.3) is 0 Å². The van der Waals surface area contributed by atoms with Crippen LogP contribution in [-0.2, 0) is 0 Å². The van der Waals surface area contributed by atoms with Crippen molar-refractivity contribution in [3.63, 3.8) is 0 Å². The topological polar surface area (TPSA) is 32.3 Å². The first-order valence-corrected chi connectivity index (χ1v) is 6.67. The summed E-state index contributed by atoms with van der Waals surface area (Å²) in [5, 5.41) is 12.9. The maximum atomic E-state index is 9.31. The minimum Gasteiger partial charge on any atom is -0.392 e. The number of aliphatic hydroxyl groups excluding tert-OH is 1. The second-order valence-corrected chi connectivity index (χ2v) is 6.02. The SMILES string of the molecule is C[C@H](O)CNC1CC2CC1C1CCCC21. The molecule has 3 aliphatic carbocycles. The van der Waals surface area contributed by atoms with Gasteiger partial charge in [0.15, 0.2) is 0 Å². The molecular weight excluding hydrogens is 186 g/mol. The molecule has 0 heterocycles. The van der Waals surface area contributed by atoms with Gasteiger partial charge in [0.1, 0.15) is 0 Å². The first kappa shape index (κ1) is 10.1. The van der Waals surface area contributed by atoms with Gasteiger partial charge in [-0.1, -0.05) is 6.42 Å². The lowest BCUT2D eigenvalue weighted by Gasteiger charge is -2.32. The second kappa shape index (κ2) is 3.74. The first-order valence-electron chi connectivity index (χ1n) is 6.67. The molecule has 5 unspecified atom stereocenters. The van der Waals surface area contributed by atoms with Crippen LogP contribution in [-0.4, -0.2) is 23.8 Å². The third kappa shape index (κ3) is 1.62. The van der Waals surface area contributed by atoms with Crippen molar-refractivity contribution in [3.05, 3.63) is 0 Å². The van der Waals surface area contributed by atoms with Crippen molar-refractivity contribution in [2.24, 2.45) is 23.7 Å². The number of fused-ring (bicyclic) bond motifs is 5. The zero-order valence-electron chi connectivity index (χ0n) is 9.65. The van der Waals surface area contributed by atoms with Gasteiger partial charge in [-0.05, 0) is 56.3 Å². The number of aliphatic hydroxyl groups is 1. The summed E-state index contributed by atoms with van der Waals surface area (Å²) in [7, 11) is 0. The fourth-order valence-corrected chi connectivity index (χ4v) is 4.62. The normalized spacial score (nSPS) is 49.6. The zero-order valence-corrected chi connectivity index (χ0v) is 9.65. The molecule has 2 N–H and O–H groups in total. The molecule has 3 saturated carbocycles. The van der Waals surface area contributed by atoms with Crippen LogP contribution in [0.2, 0.25) is 0 Å². The van der Waals surface area contributed by atoms with E-state index >= 15 is 0 Å². The molecule has 86 valence electrons. The molecule has 6 atom stereocenters. The van der Waals surface area contributed by atoms with Gasteiger partial charge in [0.2, 0.25) is 0 Å². The minimum absolute atomic E-state index is 0.191. The van der Waals surface area contributed by atoms with E-state index < -0.39 is 0 Å². The summed E-state index contributed by atoms with van der Waals surface area (Å²) < 4.78 is 0. The van der Waals surface area contributed by atoms with Crippen molar-refractivity contribution in [3.8, 4) is 0 Å². The van der Waals surface area contributed by atoms with E-state index in [4.69, 9.17) is 0 Å². The highest BCUT2D eigenvalue weighted by atomic mass is 16.3. The number of hydrogen-bond acceptors (Lipinski definition) is 2. The summed E-state index contributed by atoms with van der Waals surface area (Å²) >= 11 is 0. The molecule has 3 fully saturated rings. The summed E-state index contributed by atoms with van der Waals surface area (Å²) in [5.74, 6) is 4.09. The molecule has 0 spiro atoms. The molecule has 0 aliphatic heterocycles. The lowest BCUT2D eigenvalue weighted by molar-refractivity contribution is 0.160. The summed E-state index contributed by atoms with van der Waals surface area (Å²) in [5.41, 5.74) is 0. The minimum atomic E-state index is -0.191.